The van der Waals surface area contributed by atoms with Gasteiger partial charge in [0.2, 0.25) is 0 Å². The van der Waals surface area contributed by atoms with Crippen LogP contribution in [0.1, 0.15) is 77.0 Å². The maximum Gasteiger partial charge on any atom is 0.303 e. The van der Waals surface area contributed by atoms with Crippen molar-refractivity contribution in [1.82, 2.24) is 0 Å². The summed E-state index contributed by atoms with van der Waals surface area (Å²) >= 11 is 0. The van der Waals surface area contributed by atoms with Gasteiger partial charge >= 0.3 is 11.9 Å². The molecule has 5 heteroatoms. The van der Waals surface area contributed by atoms with Crippen LogP contribution in [-0.2, 0) is 14.3 Å². The third kappa shape index (κ3) is 18.9. The lowest BCUT2D eigenvalue weighted by Gasteiger charge is -2.04. The Hall–Kier alpha value is -1.10. The summed E-state index contributed by atoms with van der Waals surface area (Å²) in [5, 5.41) is 17.0. The predicted octanol–water partition coefficient (Wildman–Crippen LogP) is 3.85. The minimum absolute atomic E-state index is 0.232. The average Bonchev–Trinajstić information content (AvgIpc) is 2.42. The van der Waals surface area contributed by atoms with Gasteiger partial charge in [-0.05, 0) is 25.7 Å². The Balaban J connectivity index is 2.99. The summed E-state index contributed by atoms with van der Waals surface area (Å²) in [6, 6.07) is 0. The number of carboxylic acid groups (broad SMARTS) is 2. The van der Waals surface area contributed by atoms with Crippen LogP contribution in [-0.4, -0.2) is 35.4 Å². The fourth-order valence-corrected chi connectivity index (χ4v) is 2.12. The van der Waals surface area contributed by atoms with Crippen molar-refractivity contribution in [1.29, 1.82) is 0 Å². The molecule has 0 aromatic heterocycles. The number of rotatable bonds is 16. The molecule has 124 valence electrons. The number of aliphatic carboxylic acids is 2. The molecule has 0 saturated heterocycles. The van der Waals surface area contributed by atoms with Crippen LogP contribution >= 0.6 is 0 Å². The Morgan fingerprint density at radius 1 is 0.571 bits per heavy atom. The molecule has 0 rings (SSSR count). The van der Waals surface area contributed by atoms with Crippen LogP contribution in [0.25, 0.3) is 0 Å². The van der Waals surface area contributed by atoms with Gasteiger partial charge in [-0.25, -0.2) is 0 Å². The van der Waals surface area contributed by atoms with Crippen LogP contribution in [0.5, 0.6) is 0 Å². The normalized spacial score (nSPS) is 10.7. The Kier molecular flexibility index (Phi) is 14.5. The molecule has 0 saturated carbocycles. The summed E-state index contributed by atoms with van der Waals surface area (Å²) in [6.07, 6.45) is 10.8. The van der Waals surface area contributed by atoms with Crippen LogP contribution in [0, 0.1) is 0 Å². The molecule has 0 spiro atoms. The van der Waals surface area contributed by atoms with E-state index in [4.69, 9.17) is 14.9 Å². The van der Waals surface area contributed by atoms with Gasteiger partial charge in [-0.3, -0.25) is 9.59 Å². The lowest BCUT2D eigenvalue weighted by atomic mass is 10.1. The molecular formula is C16H30O5. The van der Waals surface area contributed by atoms with Crippen molar-refractivity contribution >= 4 is 11.9 Å². The Labute approximate surface area is 127 Å². The first-order valence-electron chi connectivity index (χ1n) is 8.14. The van der Waals surface area contributed by atoms with Crippen LogP contribution in [0.15, 0.2) is 0 Å². The zero-order valence-corrected chi connectivity index (χ0v) is 13.0. The van der Waals surface area contributed by atoms with Crippen molar-refractivity contribution in [2.24, 2.45) is 0 Å². The predicted molar refractivity (Wildman–Crippen MR) is 81.5 cm³/mol. The second-order valence-electron chi connectivity index (χ2n) is 5.44. The molecule has 5 nitrogen and oxygen atoms in total. The van der Waals surface area contributed by atoms with Gasteiger partial charge in [-0.15, -0.1) is 0 Å². The Morgan fingerprint density at radius 3 is 1.38 bits per heavy atom. The van der Waals surface area contributed by atoms with Crippen molar-refractivity contribution in [2.45, 2.75) is 77.0 Å². The van der Waals surface area contributed by atoms with Gasteiger partial charge in [0.05, 0.1) is 0 Å². The van der Waals surface area contributed by atoms with Crippen LogP contribution in [0.4, 0.5) is 0 Å². The third-order valence-corrected chi connectivity index (χ3v) is 3.36. The summed E-state index contributed by atoms with van der Waals surface area (Å²) in [7, 11) is 0. The molecule has 2 N–H and O–H groups in total. The van der Waals surface area contributed by atoms with E-state index in [0.717, 1.165) is 38.7 Å². The van der Waals surface area contributed by atoms with E-state index in [2.05, 4.69) is 0 Å². The second-order valence-corrected chi connectivity index (χ2v) is 5.44. The Bertz CT molecular complexity index is 239. The molecule has 0 aromatic carbocycles. The van der Waals surface area contributed by atoms with Gasteiger partial charge in [-0.1, -0.05) is 38.5 Å². The number of hydrogen-bond acceptors (Lipinski definition) is 3. The van der Waals surface area contributed by atoms with E-state index in [1.54, 1.807) is 0 Å². The summed E-state index contributed by atoms with van der Waals surface area (Å²) < 4.78 is 5.45. The van der Waals surface area contributed by atoms with Crippen LogP contribution in [0.2, 0.25) is 0 Å². The fourth-order valence-electron chi connectivity index (χ4n) is 2.12. The van der Waals surface area contributed by atoms with E-state index in [9.17, 15) is 9.59 Å². The third-order valence-electron chi connectivity index (χ3n) is 3.36. The van der Waals surface area contributed by atoms with E-state index in [-0.39, 0.29) is 6.42 Å². The second kappa shape index (κ2) is 15.3. The summed E-state index contributed by atoms with van der Waals surface area (Å²) in [5.41, 5.74) is 0. The minimum Gasteiger partial charge on any atom is -0.481 e. The average molecular weight is 302 g/mol. The van der Waals surface area contributed by atoms with Crippen molar-refractivity contribution in [3.63, 3.8) is 0 Å². The first kappa shape index (κ1) is 19.9. The summed E-state index contributed by atoms with van der Waals surface area (Å²) in [5.74, 6) is -1.43. The molecule has 0 aliphatic carbocycles. The highest BCUT2D eigenvalue weighted by Gasteiger charge is 1.98. The van der Waals surface area contributed by atoms with Gasteiger partial charge in [0.15, 0.2) is 0 Å². The molecule has 0 amide bonds. The molecular weight excluding hydrogens is 272 g/mol. The molecule has 0 unspecified atom stereocenters. The topological polar surface area (TPSA) is 83.8 Å². The first-order valence-corrected chi connectivity index (χ1v) is 8.14. The number of unbranched alkanes of at least 4 members (excludes halogenated alkanes) is 8. The quantitative estimate of drug-likeness (QED) is 0.423. The van der Waals surface area contributed by atoms with E-state index >= 15 is 0 Å². The molecule has 21 heavy (non-hydrogen) atoms. The number of hydrogen-bond donors (Lipinski definition) is 2. The molecule has 0 radical (unpaired) electrons. The molecule has 0 aliphatic rings. The zero-order chi connectivity index (χ0) is 15.8. The van der Waals surface area contributed by atoms with E-state index in [1.807, 2.05) is 0 Å². The number of carbonyl (C=O) groups is 2. The number of carboxylic acids is 2. The zero-order valence-electron chi connectivity index (χ0n) is 13.0. The van der Waals surface area contributed by atoms with E-state index in [0.29, 0.717) is 19.4 Å². The highest BCUT2D eigenvalue weighted by molar-refractivity contribution is 5.66. The Morgan fingerprint density at radius 2 is 0.905 bits per heavy atom. The van der Waals surface area contributed by atoms with Gasteiger partial charge in [-0.2, -0.15) is 0 Å². The number of ether oxygens (including phenoxy) is 1. The van der Waals surface area contributed by atoms with Crippen molar-refractivity contribution in [2.75, 3.05) is 13.2 Å². The molecule has 0 aliphatic heterocycles. The van der Waals surface area contributed by atoms with Crippen LogP contribution < -0.4 is 0 Å². The lowest BCUT2D eigenvalue weighted by molar-refractivity contribution is -0.138. The lowest BCUT2D eigenvalue weighted by Crippen LogP contribution is -1.99. The van der Waals surface area contributed by atoms with E-state index in [1.165, 1.54) is 25.7 Å². The smallest absolute Gasteiger partial charge is 0.303 e. The molecule has 0 fully saturated rings. The van der Waals surface area contributed by atoms with Gasteiger partial charge < -0.3 is 14.9 Å². The van der Waals surface area contributed by atoms with Gasteiger partial charge in [0.25, 0.3) is 0 Å². The largest absolute Gasteiger partial charge is 0.481 e. The van der Waals surface area contributed by atoms with Crippen molar-refractivity contribution in [3.8, 4) is 0 Å². The monoisotopic (exact) mass is 302 g/mol. The summed E-state index contributed by atoms with van der Waals surface area (Å²) in [6.45, 7) is 1.43. The highest BCUT2D eigenvalue weighted by atomic mass is 16.5. The molecule has 0 atom stereocenters. The first-order chi connectivity index (χ1) is 10.1. The van der Waals surface area contributed by atoms with E-state index < -0.39 is 11.9 Å². The molecule has 0 aromatic rings. The van der Waals surface area contributed by atoms with Gasteiger partial charge in [0, 0.05) is 26.1 Å². The standard InChI is InChI=1S/C16H30O5/c17-15(18)11-7-5-3-1-2-4-6-9-13-21-14-10-8-12-16(19)20/h1-14H2,(H,17,18)(H,19,20). The molecule has 0 bridgehead atoms. The van der Waals surface area contributed by atoms with Gasteiger partial charge in [0.1, 0.15) is 0 Å². The highest BCUT2D eigenvalue weighted by Crippen LogP contribution is 2.09. The summed E-state index contributed by atoms with van der Waals surface area (Å²) in [4.78, 5) is 20.6. The minimum atomic E-state index is -0.738. The van der Waals surface area contributed by atoms with Crippen molar-refractivity contribution in [3.05, 3.63) is 0 Å². The maximum atomic E-state index is 10.3. The van der Waals surface area contributed by atoms with Crippen molar-refractivity contribution < 1.29 is 24.5 Å². The fraction of sp³-hybridized carbons (Fsp3) is 0.875. The maximum absolute atomic E-state index is 10.3. The van der Waals surface area contributed by atoms with Crippen LogP contribution in [0.3, 0.4) is 0 Å². The SMILES string of the molecule is O=C(O)CCCCCCCCCCOCCCCC(=O)O. The molecule has 0 heterocycles.